The molecule has 0 aliphatic heterocycles. The molecule has 2 aromatic heterocycles. The van der Waals surface area contributed by atoms with Crippen molar-refractivity contribution >= 4 is 27.5 Å². The van der Waals surface area contributed by atoms with Gasteiger partial charge in [0.15, 0.2) is 10.5 Å². The van der Waals surface area contributed by atoms with Crippen LogP contribution in [-0.4, -0.2) is 22.7 Å². The topological polar surface area (TPSA) is 69.6 Å². The molecule has 0 saturated heterocycles. The van der Waals surface area contributed by atoms with Crippen LogP contribution in [0, 0.1) is 19.3 Å². The Balaban J connectivity index is 2.15. The second kappa shape index (κ2) is 6.10. The van der Waals surface area contributed by atoms with Gasteiger partial charge in [-0.15, -0.1) is 6.42 Å². The maximum absolute atomic E-state index is 12.2. The zero-order valence-electron chi connectivity index (χ0n) is 12.6. The number of fused-ring (bicyclic) bond motifs is 1. The van der Waals surface area contributed by atoms with Crippen molar-refractivity contribution in [2.75, 3.05) is 7.11 Å². The molecule has 1 amide bonds. The van der Waals surface area contributed by atoms with Gasteiger partial charge in [-0.05, 0) is 25.1 Å². The van der Waals surface area contributed by atoms with Gasteiger partial charge in [0, 0.05) is 6.07 Å². The summed E-state index contributed by atoms with van der Waals surface area (Å²) in [5.41, 5.74) is 1.07. The van der Waals surface area contributed by atoms with Gasteiger partial charge in [0.05, 0.1) is 23.9 Å². The minimum Gasteiger partial charge on any atom is -0.497 e. The van der Waals surface area contributed by atoms with E-state index in [9.17, 15) is 4.79 Å². The Bertz CT molecular complexity index is 988. The molecule has 3 aromatic rings. The molecule has 6 nitrogen and oxygen atoms in total. The fraction of sp³-hybridized carbons (Fsp3) is 0.188. The molecule has 2 heterocycles. The summed E-state index contributed by atoms with van der Waals surface area (Å²) in [5.74, 6) is 3.40. The van der Waals surface area contributed by atoms with Crippen LogP contribution in [0.2, 0.25) is 0 Å². The quantitative estimate of drug-likeness (QED) is 0.693. The van der Waals surface area contributed by atoms with E-state index in [0.29, 0.717) is 17.1 Å². The van der Waals surface area contributed by atoms with Gasteiger partial charge in [0.1, 0.15) is 11.5 Å². The number of hydrogen-bond acceptors (Lipinski definition) is 5. The first-order valence-corrected chi connectivity index (χ1v) is 7.57. The zero-order chi connectivity index (χ0) is 16.4. The van der Waals surface area contributed by atoms with E-state index in [1.807, 2.05) is 22.8 Å². The van der Waals surface area contributed by atoms with Crippen LogP contribution >= 0.6 is 11.3 Å². The number of terminal acetylenes is 1. The maximum Gasteiger partial charge on any atom is 0.301 e. The van der Waals surface area contributed by atoms with Gasteiger partial charge in [-0.1, -0.05) is 22.4 Å². The SMILES string of the molecule is C#CCn1c(=NC(=O)c2cc(C)on2)sc2cc(OC)ccc21. The molecule has 0 N–H and O–H groups in total. The second-order valence-electron chi connectivity index (χ2n) is 4.75. The molecule has 0 unspecified atom stereocenters. The first-order chi connectivity index (χ1) is 11.1. The number of nitrogens with zero attached hydrogens (tertiary/aromatic N) is 3. The maximum atomic E-state index is 12.2. The monoisotopic (exact) mass is 327 g/mol. The summed E-state index contributed by atoms with van der Waals surface area (Å²) >= 11 is 1.36. The van der Waals surface area contributed by atoms with Crippen molar-refractivity contribution in [2.45, 2.75) is 13.5 Å². The number of methoxy groups -OCH3 is 1. The molecule has 0 aliphatic rings. The van der Waals surface area contributed by atoms with Gasteiger partial charge >= 0.3 is 5.91 Å². The Morgan fingerprint density at radius 3 is 3.00 bits per heavy atom. The number of aromatic nitrogens is 2. The van der Waals surface area contributed by atoms with E-state index in [2.05, 4.69) is 16.1 Å². The van der Waals surface area contributed by atoms with Gasteiger partial charge in [0.2, 0.25) is 0 Å². The van der Waals surface area contributed by atoms with Crippen molar-refractivity contribution in [3.63, 3.8) is 0 Å². The van der Waals surface area contributed by atoms with Crippen molar-refractivity contribution in [2.24, 2.45) is 4.99 Å². The summed E-state index contributed by atoms with van der Waals surface area (Å²) in [5, 5.41) is 3.69. The molecule has 0 saturated carbocycles. The van der Waals surface area contributed by atoms with Gasteiger partial charge in [-0.25, -0.2) is 0 Å². The lowest BCUT2D eigenvalue weighted by atomic mass is 10.3. The van der Waals surface area contributed by atoms with Gasteiger partial charge in [-0.2, -0.15) is 4.99 Å². The van der Waals surface area contributed by atoms with Crippen LogP contribution in [0.15, 0.2) is 33.8 Å². The third kappa shape index (κ3) is 2.89. The van der Waals surface area contributed by atoms with E-state index in [1.54, 1.807) is 20.1 Å². The van der Waals surface area contributed by atoms with Gasteiger partial charge in [-0.3, -0.25) is 4.79 Å². The first kappa shape index (κ1) is 15.1. The molecule has 1 aromatic carbocycles. The van der Waals surface area contributed by atoms with Crippen LogP contribution in [0.25, 0.3) is 10.2 Å². The fourth-order valence-electron chi connectivity index (χ4n) is 2.12. The number of hydrogen-bond donors (Lipinski definition) is 0. The average molecular weight is 327 g/mol. The number of ether oxygens (including phenoxy) is 1. The largest absolute Gasteiger partial charge is 0.497 e. The van der Waals surface area contributed by atoms with Crippen LogP contribution < -0.4 is 9.54 Å². The number of aryl methyl sites for hydroxylation is 1. The van der Waals surface area contributed by atoms with Crippen molar-refractivity contribution in [1.29, 1.82) is 0 Å². The Morgan fingerprint density at radius 1 is 1.52 bits per heavy atom. The van der Waals surface area contributed by atoms with Crippen LogP contribution in [0.3, 0.4) is 0 Å². The van der Waals surface area contributed by atoms with E-state index < -0.39 is 5.91 Å². The molecule has 7 heteroatoms. The first-order valence-electron chi connectivity index (χ1n) is 6.75. The number of benzene rings is 1. The predicted octanol–water partition coefficient (Wildman–Crippen LogP) is 2.38. The van der Waals surface area contributed by atoms with E-state index >= 15 is 0 Å². The summed E-state index contributed by atoms with van der Waals surface area (Å²) < 4.78 is 12.9. The van der Waals surface area contributed by atoms with Crippen LogP contribution in [0.4, 0.5) is 0 Å². The van der Waals surface area contributed by atoms with Crippen molar-refractivity contribution in [1.82, 2.24) is 9.72 Å². The smallest absolute Gasteiger partial charge is 0.301 e. The lowest BCUT2D eigenvalue weighted by molar-refractivity contribution is 0.0989. The van der Waals surface area contributed by atoms with E-state index in [1.165, 1.54) is 11.3 Å². The number of thiazole rings is 1. The highest BCUT2D eigenvalue weighted by molar-refractivity contribution is 7.16. The molecular formula is C16H13N3O3S. The van der Waals surface area contributed by atoms with Gasteiger partial charge < -0.3 is 13.8 Å². The van der Waals surface area contributed by atoms with Crippen molar-refractivity contribution in [3.8, 4) is 18.1 Å². The standard InChI is InChI=1S/C16H13N3O3S/c1-4-7-19-13-6-5-11(21-3)9-14(13)23-16(19)17-15(20)12-8-10(2)22-18-12/h1,5-6,8-9H,7H2,2-3H3. The number of carbonyl (C=O) groups excluding carboxylic acids is 1. The molecule has 0 radical (unpaired) electrons. The third-order valence-electron chi connectivity index (χ3n) is 3.18. The minimum atomic E-state index is -0.467. The fourth-order valence-corrected chi connectivity index (χ4v) is 3.18. The third-order valence-corrected chi connectivity index (χ3v) is 4.22. The normalized spacial score (nSPS) is 11.6. The highest BCUT2D eigenvalue weighted by atomic mass is 32.1. The summed E-state index contributed by atoms with van der Waals surface area (Å²) in [4.78, 5) is 16.9. The molecule has 0 spiro atoms. The molecule has 23 heavy (non-hydrogen) atoms. The number of carbonyl (C=O) groups is 1. The van der Waals surface area contributed by atoms with E-state index in [0.717, 1.165) is 16.0 Å². The Morgan fingerprint density at radius 2 is 2.35 bits per heavy atom. The number of rotatable bonds is 3. The van der Waals surface area contributed by atoms with E-state index in [-0.39, 0.29) is 5.69 Å². The zero-order valence-corrected chi connectivity index (χ0v) is 13.4. The average Bonchev–Trinajstić information content (AvgIpc) is 3.11. The molecule has 0 aliphatic carbocycles. The van der Waals surface area contributed by atoms with Crippen LogP contribution in [0.1, 0.15) is 16.2 Å². The summed E-state index contributed by atoms with van der Waals surface area (Å²) in [6, 6.07) is 7.17. The van der Waals surface area contributed by atoms with Crippen LogP contribution in [-0.2, 0) is 6.54 Å². The minimum absolute atomic E-state index is 0.171. The molecular weight excluding hydrogens is 314 g/mol. The Kier molecular flexibility index (Phi) is 4.00. The van der Waals surface area contributed by atoms with Crippen molar-refractivity contribution < 1.29 is 14.1 Å². The predicted molar refractivity (Wildman–Crippen MR) is 86.3 cm³/mol. The molecule has 116 valence electrons. The summed E-state index contributed by atoms with van der Waals surface area (Å²) in [6.07, 6.45) is 5.44. The Labute approximate surface area is 136 Å². The molecule has 0 bridgehead atoms. The van der Waals surface area contributed by atoms with Crippen molar-refractivity contribution in [3.05, 3.63) is 40.5 Å². The highest BCUT2D eigenvalue weighted by Gasteiger charge is 2.12. The van der Waals surface area contributed by atoms with Gasteiger partial charge in [0.25, 0.3) is 0 Å². The van der Waals surface area contributed by atoms with Crippen LogP contribution in [0.5, 0.6) is 5.75 Å². The molecule has 0 fully saturated rings. The number of amides is 1. The highest BCUT2D eigenvalue weighted by Crippen LogP contribution is 2.23. The molecule has 0 atom stereocenters. The Hall–Kier alpha value is -2.85. The van der Waals surface area contributed by atoms with E-state index in [4.69, 9.17) is 15.7 Å². The molecule has 3 rings (SSSR count). The second-order valence-corrected chi connectivity index (χ2v) is 5.76. The lowest BCUT2D eigenvalue weighted by Crippen LogP contribution is -2.16. The lowest BCUT2D eigenvalue weighted by Gasteiger charge is -2.01. The summed E-state index contributed by atoms with van der Waals surface area (Å²) in [6.45, 7) is 2.03. The summed E-state index contributed by atoms with van der Waals surface area (Å²) in [7, 11) is 1.60.